The summed E-state index contributed by atoms with van der Waals surface area (Å²) in [5, 5.41) is 3.08. The predicted octanol–water partition coefficient (Wildman–Crippen LogP) is 5.37. The van der Waals surface area contributed by atoms with Gasteiger partial charge in [-0.25, -0.2) is 4.39 Å². The van der Waals surface area contributed by atoms with Crippen LogP contribution in [0.25, 0.3) is 11.6 Å². The first-order valence-corrected chi connectivity index (χ1v) is 12.9. The van der Waals surface area contributed by atoms with Gasteiger partial charge in [-0.1, -0.05) is 13.8 Å². The third-order valence-electron chi connectivity index (χ3n) is 6.96. The number of carbonyl (C=O) groups excluding carboxylic acids is 2. The minimum Gasteiger partial charge on any atom is -0.351 e. The van der Waals surface area contributed by atoms with Gasteiger partial charge in [0.1, 0.15) is 5.82 Å². The number of rotatable bonds is 8. The molecule has 0 bridgehead atoms. The number of fused-ring (bicyclic) bond motifs is 1. The molecule has 0 saturated heterocycles. The molecular formula is C29H41FN4O2. The van der Waals surface area contributed by atoms with Crippen LogP contribution >= 0.6 is 0 Å². The molecule has 2 heterocycles. The molecular weight excluding hydrogens is 455 g/mol. The van der Waals surface area contributed by atoms with E-state index in [0.29, 0.717) is 28.9 Å². The fourth-order valence-corrected chi connectivity index (χ4v) is 5.26. The predicted molar refractivity (Wildman–Crippen MR) is 146 cm³/mol. The van der Waals surface area contributed by atoms with Gasteiger partial charge >= 0.3 is 0 Å². The molecule has 1 N–H and O–H groups in total. The highest BCUT2D eigenvalue weighted by Gasteiger charge is 2.36. The minimum atomic E-state index is -0.384. The second-order valence-corrected chi connectivity index (χ2v) is 10.7. The first-order valence-electron chi connectivity index (χ1n) is 12.9. The van der Waals surface area contributed by atoms with Crippen LogP contribution in [0.1, 0.15) is 81.3 Å². The van der Waals surface area contributed by atoms with Gasteiger partial charge in [-0.3, -0.25) is 9.59 Å². The van der Waals surface area contributed by atoms with Crippen LogP contribution in [0, 0.1) is 19.7 Å². The maximum Gasteiger partial charge on any atom is 0.259 e. The van der Waals surface area contributed by atoms with E-state index >= 15 is 0 Å². The van der Waals surface area contributed by atoms with Crippen molar-refractivity contribution in [1.29, 1.82) is 0 Å². The van der Waals surface area contributed by atoms with Crippen LogP contribution in [-0.4, -0.2) is 53.5 Å². The fourth-order valence-electron chi connectivity index (χ4n) is 5.26. The molecule has 1 aliphatic rings. The topological polar surface area (TPSA) is 57.6 Å². The van der Waals surface area contributed by atoms with Gasteiger partial charge in [0.05, 0.1) is 16.8 Å². The lowest BCUT2D eigenvalue weighted by atomic mass is 10.0. The van der Waals surface area contributed by atoms with Gasteiger partial charge in [0.2, 0.25) is 0 Å². The van der Waals surface area contributed by atoms with Crippen molar-refractivity contribution in [3.05, 3.63) is 52.1 Å². The molecule has 36 heavy (non-hydrogen) atoms. The van der Waals surface area contributed by atoms with Gasteiger partial charge in [-0.2, -0.15) is 0 Å². The minimum absolute atomic E-state index is 0.0722. The second kappa shape index (κ2) is 10.6. The SMILES string of the molecule is CCN(CC)CCNC(=O)c1c(C)c(/C=C2\C(=O)N(C(C)C)c3ccc(F)cc32)n(C(C)(C)C)c1C. The van der Waals surface area contributed by atoms with E-state index in [4.69, 9.17) is 0 Å². The summed E-state index contributed by atoms with van der Waals surface area (Å²) in [4.78, 5) is 30.8. The van der Waals surface area contributed by atoms with Crippen LogP contribution in [0.2, 0.25) is 0 Å². The van der Waals surface area contributed by atoms with E-state index in [1.165, 1.54) is 12.1 Å². The van der Waals surface area contributed by atoms with Crippen molar-refractivity contribution >= 4 is 29.2 Å². The zero-order valence-corrected chi connectivity index (χ0v) is 23.3. The van der Waals surface area contributed by atoms with Crippen LogP contribution in [0.5, 0.6) is 0 Å². The van der Waals surface area contributed by atoms with Gasteiger partial charge in [-0.05, 0) is 91.4 Å². The molecule has 0 aliphatic carbocycles. The summed E-state index contributed by atoms with van der Waals surface area (Å²) in [7, 11) is 0. The van der Waals surface area contributed by atoms with Gasteiger partial charge in [0, 0.05) is 41.6 Å². The number of aromatic nitrogens is 1. The number of nitrogens with zero attached hydrogens (tertiary/aromatic N) is 3. The van der Waals surface area contributed by atoms with Crippen molar-refractivity contribution < 1.29 is 14.0 Å². The van der Waals surface area contributed by atoms with E-state index in [9.17, 15) is 14.0 Å². The van der Waals surface area contributed by atoms with E-state index in [1.54, 1.807) is 11.0 Å². The van der Waals surface area contributed by atoms with E-state index in [2.05, 4.69) is 49.4 Å². The Bertz CT molecular complexity index is 1180. The van der Waals surface area contributed by atoms with Crippen LogP contribution in [-0.2, 0) is 10.3 Å². The number of anilines is 1. The summed E-state index contributed by atoms with van der Waals surface area (Å²) >= 11 is 0. The van der Waals surface area contributed by atoms with Gasteiger partial charge in [-0.15, -0.1) is 0 Å². The molecule has 0 spiro atoms. The quantitative estimate of drug-likeness (QED) is 0.500. The largest absolute Gasteiger partial charge is 0.351 e. The van der Waals surface area contributed by atoms with Crippen molar-refractivity contribution in [2.45, 2.75) is 73.9 Å². The lowest BCUT2D eigenvalue weighted by Crippen LogP contribution is -2.35. The molecule has 2 aromatic rings. The molecule has 0 atom stereocenters. The normalized spacial score (nSPS) is 14.9. The van der Waals surface area contributed by atoms with Crippen LogP contribution < -0.4 is 10.2 Å². The summed E-state index contributed by atoms with van der Waals surface area (Å²) in [6, 6.07) is 4.41. The van der Waals surface area contributed by atoms with Gasteiger partial charge < -0.3 is 19.7 Å². The molecule has 1 aromatic heterocycles. The second-order valence-electron chi connectivity index (χ2n) is 10.7. The Morgan fingerprint density at radius 1 is 1.17 bits per heavy atom. The number of likely N-dealkylation sites (N-methyl/N-ethyl adjacent to an activating group) is 1. The molecule has 2 amide bonds. The molecule has 0 unspecified atom stereocenters. The molecule has 196 valence electrons. The van der Waals surface area contributed by atoms with Crippen molar-refractivity contribution in [2.24, 2.45) is 0 Å². The Hall–Kier alpha value is -2.93. The zero-order chi connectivity index (χ0) is 26.9. The van der Waals surface area contributed by atoms with Crippen molar-refractivity contribution in [2.75, 3.05) is 31.1 Å². The molecule has 1 aliphatic heterocycles. The standard InChI is InChI=1S/C29H41FN4O2/c1-10-32(11-2)15-14-31-27(35)26-19(5)25(34(20(26)6)29(7,8)9)17-23-22-16-21(30)12-13-24(22)33(18(3)4)28(23)36/h12-13,16-18H,10-11,14-15H2,1-9H3,(H,31,35)/b23-17-. The van der Waals surface area contributed by atoms with E-state index < -0.39 is 0 Å². The summed E-state index contributed by atoms with van der Waals surface area (Å²) in [5.41, 5.74) is 4.46. The Morgan fingerprint density at radius 3 is 2.36 bits per heavy atom. The lowest BCUT2D eigenvalue weighted by molar-refractivity contribution is -0.113. The van der Waals surface area contributed by atoms with Crippen LogP contribution in [0.15, 0.2) is 18.2 Å². The molecule has 6 nitrogen and oxygen atoms in total. The number of amides is 2. The zero-order valence-electron chi connectivity index (χ0n) is 23.3. The van der Waals surface area contributed by atoms with E-state index in [1.807, 2.05) is 33.8 Å². The smallest absolute Gasteiger partial charge is 0.259 e. The first kappa shape index (κ1) is 27.7. The monoisotopic (exact) mass is 496 g/mol. The van der Waals surface area contributed by atoms with E-state index in [0.717, 1.165) is 36.6 Å². The van der Waals surface area contributed by atoms with Gasteiger partial charge in [0.25, 0.3) is 11.8 Å². The van der Waals surface area contributed by atoms with Crippen LogP contribution in [0.3, 0.4) is 0 Å². The summed E-state index contributed by atoms with van der Waals surface area (Å²) in [6.45, 7) is 21.4. The van der Waals surface area contributed by atoms with Gasteiger partial charge in [0.15, 0.2) is 0 Å². The maximum absolute atomic E-state index is 14.3. The van der Waals surface area contributed by atoms with Crippen molar-refractivity contribution in [3.8, 4) is 0 Å². The third kappa shape index (κ3) is 5.12. The number of benzene rings is 1. The summed E-state index contributed by atoms with van der Waals surface area (Å²) < 4.78 is 16.4. The molecule has 3 rings (SSSR count). The Labute approximate surface area is 215 Å². The average Bonchev–Trinajstić information content (AvgIpc) is 3.20. The number of hydrogen-bond donors (Lipinski definition) is 1. The number of nitrogens with one attached hydrogen (secondary N) is 1. The average molecular weight is 497 g/mol. The highest BCUT2D eigenvalue weighted by atomic mass is 19.1. The lowest BCUT2D eigenvalue weighted by Gasteiger charge is -2.26. The highest BCUT2D eigenvalue weighted by molar-refractivity contribution is 6.36. The summed E-state index contributed by atoms with van der Waals surface area (Å²) in [5.74, 6) is -0.659. The number of carbonyl (C=O) groups is 2. The molecule has 7 heteroatoms. The summed E-state index contributed by atoms with van der Waals surface area (Å²) in [6.07, 6.45) is 1.84. The Kier molecular flexibility index (Phi) is 8.13. The first-order chi connectivity index (χ1) is 16.8. The molecule has 0 radical (unpaired) electrons. The van der Waals surface area contributed by atoms with E-state index in [-0.39, 0.29) is 29.2 Å². The fraction of sp³-hybridized carbons (Fsp3) is 0.517. The van der Waals surface area contributed by atoms with Crippen LogP contribution in [0.4, 0.5) is 10.1 Å². The molecule has 0 saturated carbocycles. The Balaban J connectivity index is 2.12. The molecule has 1 aromatic carbocycles. The highest BCUT2D eigenvalue weighted by Crippen LogP contribution is 2.41. The van der Waals surface area contributed by atoms with Crippen molar-refractivity contribution in [3.63, 3.8) is 0 Å². The van der Waals surface area contributed by atoms with Crippen molar-refractivity contribution in [1.82, 2.24) is 14.8 Å². The Morgan fingerprint density at radius 2 is 1.81 bits per heavy atom. The number of hydrogen-bond acceptors (Lipinski definition) is 3. The number of halogens is 1. The third-order valence-corrected chi connectivity index (χ3v) is 6.96. The maximum atomic E-state index is 14.3. The molecule has 0 fully saturated rings.